The second-order valence-electron chi connectivity index (χ2n) is 2.57. The molecule has 1 aromatic rings. The Labute approximate surface area is 99.3 Å². The summed E-state index contributed by atoms with van der Waals surface area (Å²) in [5.74, 6) is -0.957. The molecular weight excluding hydrogens is 230 g/mol. The van der Waals surface area contributed by atoms with E-state index in [2.05, 4.69) is 0 Å². The van der Waals surface area contributed by atoms with Gasteiger partial charge in [0.2, 0.25) is 5.30 Å². The van der Waals surface area contributed by atoms with Crippen molar-refractivity contribution in [3.05, 3.63) is 30.3 Å². The van der Waals surface area contributed by atoms with Gasteiger partial charge < -0.3 is 5.11 Å². The molecule has 0 bridgehead atoms. The molecule has 1 unspecified atom stereocenters. The van der Waals surface area contributed by atoms with Gasteiger partial charge in [-0.2, -0.15) is 0 Å². The summed E-state index contributed by atoms with van der Waals surface area (Å²) >= 11 is 0. The Bertz CT molecular complexity index is 328. The molecule has 0 radical (unpaired) electrons. The highest BCUT2D eigenvalue weighted by Crippen LogP contribution is 2.20. The lowest BCUT2D eigenvalue weighted by molar-refractivity contribution is -0.137. The Hall–Kier alpha value is -0.718. The van der Waals surface area contributed by atoms with Crippen LogP contribution in [0.3, 0.4) is 0 Å². The van der Waals surface area contributed by atoms with Crippen molar-refractivity contribution < 1.29 is 19.0 Å². The Morgan fingerprint density at radius 2 is 1.93 bits per heavy atom. The van der Waals surface area contributed by atoms with E-state index in [9.17, 15) is 9.36 Å². The molecule has 0 aromatic heterocycles. The van der Waals surface area contributed by atoms with Gasteiger partial charge in [-0.3, -0.25) is 4.79 Å². The van der Waals surface area contributed by atoms with Crippen molar-refractivity contribution in [2.24, 2.45) is 0 Å². The normalized spacial score (nSPS) is 10.3. The van der Waals surface area contributed by atoms with Crippen molar-refractivity contribution in [3.8, 4) is 0 Å². The number of carbonyl (C=O) groups is 1. The third-order valence-corrected chi connectivity index (χ3v) is 2.63. The number of aliphatic carboxylic acids is 1. The van der Waals surface area contributed by atoms with Crippen LogP contribution in [0.2, 0.25) is 0 Å². The predicted molar refractivity (Wildman–Crippen MR) is 61.8 cm³/mol. The fraction of sp³-hybridized carbons (Fsp3) is 0.222. The van der Waals surface area contributed by atoms with Crippen LogP contribution in [-0.2, 0) is 13.9 Å². The summed E-state index contributed by atoms with van der Waals surface area (Å²) in [5, 5.41) is 8.90. The first-order chi connectivity index (χ1) is 6.70. The molecule has 6 heteroatoms. The maximum Gasteiger partial charge on any atom is 0.548 e. The molecule has 0 saturated heterocycles. The first-order valence-electron chi connectivity index (χ1n) is 4.07. The molecular formula is C9H13AlO4P+. The molecule has 0 aliphatic rings. The zero-order chi connectivity index (χ0) is 10.4. The van der Waals surface area contributed by atoms with Crippen LogP contribution in [0.15, 0.2) is 30.3 Å². The molecule has 4 nitrogen and oxygen atoms in total. The molecule has 15 heavy (non-hydrogen) atoms. The van der Waals surface area contributed by atoms with Crippen molar-refractivity contribution in [2.75, 3.05) is 6.61 Å². The average Bonchev–Trinajstić information content (AvgIpc) is 2.18. The molecule has 0 aliphatic heterocycles. The highest BCUT2D eigenvalue weighted by molar-refractivity contribution is 7.48. The van der Waals surface area contributed by atoms with Crippen molar-refractivity contribution in [2.45, 2.75) is 6.42 Å². The summed E-state index contributed by atoms with van der Waals surface area (Å²) in [4.78, 5) is 10.1. The Kier molecular flexibility index (Phi) is 7.20. The fourth-order valence-corrected chi connectivity index (χ4v) is 1.66. The van der Waals surface area contributed by atoms with Gasteiger partial charge >= 0.3 is 14.0 Å². The SMILES string of the molecule is O=C(O)CCO[P+](=O)c1ccccc1.[AlH3]. The highest BCUT2D eigenvalue weighted by Gasteiger charge is 2.21. The number of carboxylic acids is 1. The van der Waals surface area contributed by atoms with Gasteiger partial charge in [-0.1, -0.05) is 18.2 Å². The number of hydrogen-bond acceptors (Lipinski definition) is 3. The average molecular weight is 243 g/mol. The van der Waals surface area contributed by atoms with Gasteiger partial charge in [0.05, 0.1) is 6.42 Å². The number of rotatable bonds is 5. The standard InChI is InChI=1S/C9H9O4P.Al.3H/c10-9(11)6-7-13-14(12)8-4-2-1-3-5-8;;;;/h1-5H,6-7H2;;;;/p+1. The van der Waals surface area contributed by atoms with E-state index in [0.717, 1.165) is 0 Å². The van der Waals surface area contributed by atoms with E-state index in [-0.39, 0.29) is 30.4 Å². The van der Waals surface area contributed by atoms with Crippen molar-refractivity contribution in [1.29, 1.82) is 0 Å². The first-order valence-corrected chi connectivity index (χ1v) is 5.25. The Morgan fingerprint density at radius 3 is 2.47 bits per heavy atom. The molecule has 0 saturated carbocycles. The fourth-order valence-electron chi connectivity index (χ4n) is 0.840. The van der Waals surface area contributed by atoms with Crippen molar-refractivity contribution in [1.82, 2.24) is 0 Å². The summed E-state index contributed by atoms with van der Waals surface area (Å²) in [6.07, 6.45) is -0.131. The first kappa shape index (κ1) is 14.3. The van der Waals surface area contributed by atoms with Crippen LogP contribution in [-0.4, -0.2) is 35.0 Å². The molecule has 0 amide bonds. The Morgan fingerprint density at radius 1 is 1.33 bits per heavy atom. The lowest BCUT2D eigenvalue weighted by atomic mass is 10.4. The molecule has 0 heterocycles. The smallest absolute Gasteiger partial charge is 0.481 e. The molecule has 0 aliphatic carbocycles. The van der Waals surface area contributed by atoms with Crippen molar-refractivity contribution >= 4 is 36.7 Å². The van der Waals surface area contributed by atoms with Gasteiger partial charge in [-0.25, -0.2) is 0 Å². The lowest BCUT2D eigenvalue weighted by Crippen LogP contribution is -2.02. The van der Waals surface area contributed by atoms with Crippen LogP contribution in [0, 0.1) is 0 Å². The van der Waals surface area contributed by atoms with E-state index >= 15 is 0 Å². The van der Waals surface area contributed by atoms with Gasteiger partial charge in [0.1, 0.15) is 6.61 Å². The highest BCUT2D eigenvalue weighted by atomic mass is 31.1. The largest absolute Gasteiger partial charge is 0.548 e. The van der Waals surface area contributed by atoms with Crippen LogP contribution >= 0.6 is 8.03 Å². The quantitative estimate of drug-likeness (QED) is 0.599. The molecule has 0 spiro atoms. The van der Waals surface area contributed by atoms with E-state index < -0.39 is 14.0 Å². The molecule has 1 rings (SSSR count). The molecule has 1 N–H and O–H groups in total. The summed E-state index contributed by atoms with van der Waals surface area (Å²) in [7, 11) is -1.92. The molecule has 80 valence electrons. The minimum atomic E-state index is -1.92. The van der Waals surface area contributed by atoms with E-state index in [4.69, 9.17) is 9.63 Å². The maximum absolute atomic E-state index is 11.4. The van der Waals surface area contributed by atoms with E-state index in [1.165, 1.54) is 0 Å². The number of benzene rings is 1. The molecule has 1 atom stereocenters. The predicted octanol–water partition coefficient (Wildman–Crippen LogP) is 0.362. The summed E-state index contributed by atoms with van der Waals surface area (Å²) in [6, 6.07) is 8.68. The monoisotopic (exact) mass is 243 g/mol. The third kappa shape index (κ3) is 5.66. The summed E-state index contributed by atoms with van der Waals surface area (Å²) in [5.41, 5.74) is 0. The van der Waals surface area contributed by atoms with Gasteiger partial charge in [0.25, 0.3) is 0 Å². The van der Waals surface area contributed by atoms with E-state index in [1.54, 1.807) is 24.3 Å². The minimum Gasteiger partial charge on any atom is -0.481 e. The molecule has 0 fully saturated rings. The third-order valence-electron chi connectivity index (χ3n) is 1.49. The van der Waals surface area contributed by atoms with Gasteiger partial charge in [-0.05, 0) is 16.7 Å². The zero-order valence-corrected chi connectivity index (χ0v) is 8.31. The second kappa shape index (κ2) is 7.56. The Balaban J connectivity index is 0.00000196. The zero-order valence-electron chi connectivity index (χ0n) is 7.42. The van der Waals surface area contributed by atoms with Crippen LogP contribution in [0.4, 0.5) is 0 Å². The second-order valence-corrected chi connectivity index (χ2v) is 3.86. The lowest BCUT2D eigenvalue weighted by Gasteiger charge is -1.88. The van der Waals surface area contributed by atoms with E-state index in [0.29, 0.717) is 5.30 Å². The molecule has 1 aromatic carbocycles. The number of hydrogen-bond donors (Lipinski definition) is 1. The number of carboxylic acid groups (broad SMARTS) is 1. The minimum absolute atomic E-state index is 0. The van der Waals surface area contributed by atoms with Gasteiger partial charge in [-0.15, -0.1) is 4.52 Å². The van der Waals surface area contributed by atoms with Crippen LogP contribution in [0.5, 0.6) is 0 Å². The summed E-state index contributed by atoms with van der Waals surface area (Å²) < 4.78 is 16.2. The maximum atomic E-state index is 11.4. The summed E-state index contributed by atoms with van der Waals surface area (Å²) in [6.45, 7) is -0.0283. The van der Waals surface area contributed by atoms with Crippen LogP contribution < -0.4 is 5.30 Å². The van der Waals surface area contributed by atoms with Crippen LogP contribution in [0.25, 0.3) is 0 Å². The van der Waals surface area contributed by atoms with Crippen LogP contribution in [0.1, 0.15) is 6.42 Å². The van der Waals surface area contributed by atoms with E-state index in [1.807, 2.05) is 6.07 Å². The topological polar surface area (TPSA) is 63.6 Å². The van der Waals surface area contributed by atoms with Crippen molar-refractivity contribution in [3.63, 3.8) is 0 Å². The van der Waals surface area contributed by atoms with Gasteiger partial charge in [0.15, 0.2) is 17.4 Å². The van der Waals surface area contributed by atoms with Gasteiger partial charge in [0, 0.05) is 0 Å².